The van der Waals surface area contributed by atoms with E-state index >= 15 is 0 Å². The Hall–Kier alpha value is -2.55. The highest BCUT2D eigenvalue weighted by Crippen LogP contribution is 2.32. The molecule has 3 aromatic carbocycles. The normalized spacial score (nSPS) is 11.8. The highest BCUT2D eigenvalue weighted by atomic mass is 16.6. The van der Waals surface area contributed by atoms with Crippen LogP contribution in [0.15, 0.2) is 48.5 Å². The van der Waals surface area contributed by atoms with Crippen molar-refractivity contribution in [2.75, 3.05) is 0 Å². The molecule has 0 aliphatic heterocycles. The number of phenols is 1. The monoisotopic (exact) mass is 294 g/mol. The third kappa shape index (κ3) is 2.62. The van der Waals surface area contributed by atoms with Crippen molar-refractivity contribution < 1.29 is 14.6 Å². The molecule has 3 nitrogen and oxygen atoms in total. The van der Waals surface area contributed by atoms with Crippen molar-refractivity contribution in [1.82, 2.24) is 0 Å². The molecule has 112 valence electrons. The van der Waals surface area contributed by atoms with Crippen LogP contribution < -0.4 is 0 Å². The van der Waals surface area contributed by atoms with Gasteiger partial charge in [0.1, 0.15) is 11.4 Å². The van der Waals surface area contributed by atoms with Gasteiger partial charge in [0.2, 0.25) is 0 Å². The maximum atomic E-state index is 12.3. The van der Waals surface area contributed by atoms with Crippen molar-refractivity contribution in [3.8, 4) is 5.75 Å². The van der Waals surface area contributed by atoms with E-state index in [4.69, 9.17) is 4.74 Å². The van der Waals surface area contributed by atoms with E-state index < -0.39 is 11.6 Å². The van der Waals surface area contributed by atoms with Gasteiger partial charge in [-0.3, -0.25) is 0 Å². The van der Waals surface area contributed by atoms with Crippen LogP contribution in [0, 0.1) is 0 Å². The van der Waals surface area contributed by atoms with Crippen LogP contribution in [0.5, 0.6) is 5.75 Å². The van der Waals surface area contributed by atoms with Gasteiger partial charge in [0, 0.05) is 5.39 Å². The fraction of sp³-hybridized carbons (Fsp3) is 0.211. The minimum atomic E-state index is -0.569. The molecular weight excluding hydrogens is 276 g/mol. The summed E-state index contributed by atoms with van der Waals surface area (Å²) in [7, 11) is 0. The van der Waals surface area contributed by atoms with Gasteiger partial charge in [0.25, 0.3) is 0 Å². The van der Waals surface area contributed by atoms with Crippen molar-refractivity contribution >= 4 is 27.5 Å². The van der Waals surface area contributed by atoms with E-state index in [0.29, 0.717) is 5.56 Å². The second kappa shape index (κ2) is 5.02. The van der Waals surface area contributed by atoms with Gasteiger partial charge in [-0.15, -0.1) is 0 Å². The van der Waals surface area contributed by atoms with Crippen molar-refractivity contribution in [2.45, 2.75) is 26.4 Å². The maximum absolute atomic E-state index is 12.3. The number of hydrogen-bond acceptors (Lipinski definition) is 3. The van der Waals surface area contributed by atoms with E-state index in [1.165, 1.54) is 6.07 Å². The zero-order valence-electron chi connectivity index (χ0n) is 12.9. The third-order valence-electron chi connectivity index (χ3n) is 3.47. The summed E-state index contributed by atoms with van der Waals surface area (Å²) in [5, 5.41) is 13.9. The van der Waals surface area contributed by atoms with Crippen LogP contribution in [0.25, 0.3) is 21.5 Å². The Morgan fingerprint density at radius 2 is 1.68 bits per heavy atom. The summed E-state index contributed by atoms with van der Waals surface area (Å²) in [5.41, 5.74) is -0.211. The van der Waals surface area contributed by atoms with Crippen LogP contribution in [0.2, 0.25) is 0 Å². The minimum absolute atomic E-state index is 0.0871. The molecule has 3 rings (SSSR count). The predicted molar refractivity (Wildman–Crippen MR) is 88.3 cm³/mol. The highest BCUT2D eigenvalue weighted by molar-refractivity contribution is 6.11. The molecule has 0 fully saturated rings. The molecule has 0 heterocycles. The Morgan fingerprint density at radius 1 is 0.955 bits per heavy atom. The van der Waals surface area contributed by atoms with Crippen LogP contribution in [0.4, 0.5) is 0 Å². The second-order valence-electron chi connectivity index (χ2n) is 6.38. The molecule has 0 aliphatic carbocycles. The fourth-order valence-corrected chi connectivity index (χ4v) is 2.55. The van der Waals surface area contributed by atoms with Gasteiger partial charge < -0.3 is 9.84 Å². The average molecular weight is 294 g/mol. The number of fused-ring (bicyclic) bond motifs is 3. The predicted octanol–water partition coefficient (Wildman–Crippen LogP) is 4.65. The molecular formula is C19H18O3. The Balaban J connectivity index is 2.22. The van der Waals surface area contributed by atoms with Crippen LogP contribution in [-0.4, -0.2) is 16.7 Å². The molecule has 1 N–H and O–H groups in total. The summed E-state index contributed by atoms with van der Waals surface area (Å²) in [6, 6.07) is 15.0. The topological polar surface area (TPSA) is 46.5 Å². The van der Waals surface area contributed by atoms with E-state index in [1.54, 1.807) is 6.07 Å². The number of benzene rings is 3. The van der Waals surface area contributed by atoms with Gasteiger partial charge in [-0.2, -0.15) is 0 Å². The first-order valence-electron chi connectivity index (χ1n) is 7.23. The lowest BCUT2D eigenvalue weighted by Crippen LogP contribution is -2.23. The second-order valence-corrected chi connectivity index (χ2v) is 6.38. The lowest BCUT2D eigenvalue weighted by molar-refractivity contribution is 0.00693. The van der Waals surface area contributed by atoms with E-state index in [2.05, 4.69) is 0 Å². The Labute approximate surface area is 129 Å². The number of hydrogen-bond donors (Lipinski definition) is 1. The van der Waals surface area contributed by atoms with Gasteiger partial charge in [0.15, 0.2) is 0 Å². The summed E-state index contributed by atoms with van der Waals surface area (Å²) in [6.45, 7) is 5.46. The van der Waals surface area contributed by atoms with Crippen LogP contribution in [-0.2, 0) is 4.74 Å². The molecule has 3 aromatic rings. The van der Waals surface area contributed by atoms with Gasteiger partial charge in [0.05, 0.1) is 5.56 Å². The van der Waals surface area contributed by atoms with E-state index in [9.17, 15) is 9.90 Å². The number of aromatic hydroxyl groups is 1. The average Bonchev–Trinajstić information content (AvgIpc) is 2.45. The quantitative estimate of drug-likeness (QED) is 0.524. The van der Waals surface area contributed by atoms with E-state index in [1.807, 2.05) is 57.2 Å². The van der Waals surface area contributed by atoms with E-state index in [-0.39, 0.29) is 5.75 Å². The number of ether oxygens (including phenoxy) is 1. The standard InChI is InChI=1S/C19H18O3/c1-19(2,3)22-18(21)13-10-16-14-7-5-4-6-12(14)8-9-15(16)17(20)11-13/h4-11,20H,1-3H3. The SMILES string of the molecule is CC(C)(C)OC(=O)c1cc(O)c2ccc3ccccc3c2c1. The number of carbonyl (C=O) groups excluding carboxylic acids is 1. The molecule has 0 amide bonds. The summed E-state index contributed by atoms with van der Waals surface area (Å²) in [6.07, 6.45) is 0. The Bertz CT molecular complexity index is 873. The summed E-state index contributed by atoms with van der Waals surface area (Å²) < 4.78 is 5.39. The van der Waals surface area contributed by atoms with Crippen LogP contribution in [0.1, 0.15) is 31.1 Å². The van der Waals surface area contributed by atoms with Gasteiger partial charge in [-0.25, -0.2) is 4.79 Å². The molecule has 0 spiro atoms. The first-order chi connectivity index (χ1) is 10.3. The van der Waals surface area contributed by atoms with Crippen LogP contribution >= 0.6 is 0 Å². The number of esters is 1. The first-order valence-corrected chi connectivity index (χ1v) is 7.23. The van der Waals surface area contributed by atoms with Crippen molar-refractivity contribution in [1.29, 1.82) is 0 Å². The molecule has 0 bridgehead atoms. The fourth-order valence-electron chi connectivity index (χ4n) is 2.55. The zero-order valence-corrected chi connectivity index (χ0v) is 12.9. The van der Waals surface area contributed by atoms with Crippen molar-refractivity contribution in [3.05, 3.63) is 54.1 Å². The lowest BCUT2D eigenvalue weighted by Gasteiger charge is -2.19. The Morgan fingerprint density at radius 3 is 2.41 bits per heavy atom. The first kappa shape index (κ1) is 14.4. The minimum Gasteiger partial charge on any atom is -0.507 e. The molecule has 0 atom stereocenters. The molecule has 0 saturated carbocycles. The summed E-state index contributed by atoms with van der Waals surface area (Å²) >= 11 is 0. The molecule has 0 aromatic heterocycles. The number of rotatable bonds is 1. The maximum Gasteiger partial charge on any atom is 0.338 e. The summed E-state index contributed by atoms with van der Waals surface area (Å²) in [4.78, 5) is 12.3. The van der Waals surface area contributed by atoms with E-state index in [0.717, 1.165) is 21.5 Å². The largest absolute Gasteiger partial charge is 0.507 e. The molecule has 0 radical (unpaired) electrons. The van der Waals surface area contributed by atoms with Gasteiger partial charge >= 0.3 is 5.97 Å². The smallest absolute Gasteiger partial charge is 0.338 e. The molecule has 0 saturated heterocycles. The Kier molecular flexibility index (Phi) is 3.28. The third-order valence-corrected chi connectivity index (χ3v) is 3.47. The zero-order chi connectivity index (χ0) is 15.9. The van der Waals surface area contributed by atoms with Gasteiger partial charge in [-0.05, 0) is 49.1 Å². The number of carbonyl (C=O) groups is 1. The number of phenolic OH excluding ortho intramolecular Hbond substituents is 1. The summed E-state index contributed by atoms with van der Waals surface area (Å²) in [5.74, 6) is -0.346. The van der Waals surface area contributed by atoms with Crippen LogP contribution in [0.3, 0.4) is 0 Å². The molecule has 3 heteroatoms. The molecule has 22 heavy (non-hydrogen) atoms. The lowest BCUT2D eigenvalue weighted by atomic mass is 9.99. The van der Waals surface area contributed by atoms with Crippen molar-refractivity contribution in [2.24, 2.45) is 0 Å². The van der Waals surface area contributed by atoms with Gasteiger partial charge in [-0.1, -0.05) is 36.4 Å². The highest BCUT2D eigenvalue weighted by Gasteiger charge is 2.19. The molecule has 0 unspecified atom stereocenters. The molecule has 0 aliphatic rings. The van der Waals surface area contributed by atoms with Crippen molar-refractivity contribution in [3.63, 3.8) is 0 Å².